The SMILES string of the molecule is CCCCC[C@H](O)/C=C/[C@@H]1[C@H](CCO)[C@H](O[Si](C)(C)C(C)(C)C)C[C@@H]1O[Si](C)(C)C(C)(C)C. The third-order valence-electron chi connectivity index (χ3n) is 8.49. The molecule has 1 aliphatic rings. The quantitative estimate of drug-likeness (QED) is 0.168. The first-order chi connectivity index (χ1) is 15.0. The van der Waals surface area contributed by atoms with Crippen molar-refractivity contribution in [2.75, 3.05) is 6.61 Å². The van der Waals surface area contributed by atoms with Gasteiger partial charge in [-0.3, -0.25) is 0 Å². The molecule has 5 atom stereocenters. The van der Waals surface area contributed by atoms with Crippen LogP contribution in [-0.4, -0.2) is 51.8 Å². The Balaban J connectivity index is 3.23. The second-order valence-electron chi connectivity index (χ2n) is 13.3. The Morgan fingerprint density at radius 3 is 1.88 bits per heavy atom. The molecule has 33 heavy (non-hydrogen) atoms. The van der Waals surface area contributed by atoms with Gasteiger partial charge in [0, 0.05) is 12.5 Å². The molecule has 1 aliphatic carbocycles. The van der Waals surface area contributed by atoms with Gasteiger partial charge >= 0.3 is 0 Å². The molecule has 2 N–H and O–H groups in total. The van der Waals surface area contributed by atoms with E-state index in [4.69, 9.17) is 8.85 Å². The molecule has 4 nitrogen and oxygen atoms in total. The highest BCUT2D eigenvalue weighted by Gasteiger charge is 2.50. The minimum atomic E-state index is -1.97. The van der Waals surface area contributed by atoms with E-state index in [1.807, 2.05) is 6.08 Å². The zero-order valence-electron chi connectivity index (χ0n) is 23.7. The Bertz CT molecular complexity index is 604. The van der Waals surface area contributed by atoms with Gasteiger partial charge in [0.25, 0.3) is 0 Å². The summed E-state index contributed by atoms with van der Waals surface area (Å²) >= 11 is 0. The standard InChI is InChI=1S/C27H56O4Si2/c1-12-13-14-15-21(29)16-17-22-23(18-19-28)25(31-33(10,11)27(5,6)7)20-24(22)30-32(8,9)26(2,3)4/h16-17,21-25,28-29H,12-15,18-20H2,1-11H3/b17-16+/t21-,22+,23-,24-,25+/m0/s1. The molecule has 6 heteroatoms. The van der Waals surface area contributed by atoms with E-state index in [2.05, 4.69) is 80.7 Å². The van der Waals surface area contributed by atoms with Gasteiger partial charge in [-0.1, -0.05) is 79.9 Å². The van der Waals surface area contributed by atoms with Crippen molar-refractivity contribution in [3.05, 3.63) is 12.2 Å². The van der Waals surface area contributed by atoms with Crippen LogP contribution in [0.5, 0.6) is 0 Å². The van der Waals surface area contributed by atoms with Gasteiger partial charge in [0.2, 0.25) is 0 Å². The Morgan fingerprint density at radius 1 is 0.909 bits per heavy atom. The lowest BCUT2D eigenvalue weighted by Gasteiger charge is -2.40. The van der Waals surface area contributed by atoms with Gasteiger partial charge in [0.05, 0.1) is 18.3 Å². The van der Waals surface area contributed by atoms with E-state index in [0.717, 1.165) is 32.1 Å². The lowest BCUT2D eigenvalue weighted by atomic mass is 9.90. The van der Waals surface area contributed by atoms with Crippen LogP contribution in [-0.2, 0) is 8.85 Å². The summed E-state index contributed by atoms with van der Waals surface area (Å²) in [4.78, 5) is 0. The molecule has 0 aromatic rings. The van der Waals surface area contributed by atoms with E-state index >= 15 is 0 Å². The van der Waals surface area contributed by atoms with E-state index < -0.39 is 22.7 Å². The van der Waals surface area contributed by atoms with Gasteiger partial charge in [-0.05, 0) is 61.4 Å². The Morgan fingerprint density at radius 2 is 1.42 bits per heavy atom. The van der Waals surface area contributed by atoms with E-state index in [1.54, 1.807) is 0 Å². The summed E-state index contributed by atoms with van der Waals surface area (Å²) < 4.78 is 13.9. The van der Waals surface area contributed by atoms with Crippen molar-refractivity contribution in [3.8, 4) is 0 Å². The maximum atomic E-state index is 10.6. The first-order valence-electron chi connectivity index (χ1n) is 13.3. The predicted octanol–water partition coefficient (Wildman–Crippen LogP) is 7.28. The van der Waals surface area contributed by atoms with Gasteiger partial charge in [-0.2, -0.15) is 0 Å². The van der Waals surface area contributed by atoms with Crippen LogP contribution in [0.15, 0.2) is 12.2 Å². The minimum Gasteiger partial charge on any atom is -0.414 e. The van der Waals surface area contributed by atoms with Crippen LogP contribution in [0.3, 0.4) is 0 Å². The topological polar surface area (TPSA) is 58.9 Å². The van der Waals surface area contributed by atoms with E-state index in [1.165, 1.54) is 0 Å². The van der Waals surface area contributed by atoms with Crippen molar-refractivity contribution in [1.29, 1.82) is 0 Å². The number of hydrogen-bond donors (Lipinski definition) is 2. The van der Waals surface area contributed by atoms with Crippen molar-refractivity contribution in [2.45, 2.75) is 142 Å². The van der Waals surface area contributed by atoms with Crippen LogP contribution >= 0.6 is 0 Å². The third kappa shape index (κ3) is 8.87. The van der Waals surface area contributed by atoms with Crippen LogP contribution < -0.4 is 0 Å². The summed E-state index contributed by atoms with van der Waals surface area (Å²) in [5.74, 6) is 0.361. The smallest absolute Gasteiger partial charge is 0.192 e. The molecule has 196 valence electrons. The van der Waals surface area contributed by atoms with Gasteiger partial charge in [0.15, 0.2) is 16.6 Å². The summed E-state index contributed by atoms with van der Waals surface area (Å²) in [5, 5.41) is 20.8. The second kappa shape index (κ2) is 12.3. The molecule has 0 unspecified atom stereocenters. The molecule has 0 spiro atoms. The van der Waals surface area contributed by atoms with E-state index in [-0.39, 0.29) is 40.7 Å². The predicted molar refractivity (Wildman–Crippen MR) is 147 cm³/mol. The molecule has 0 heterocycles. The molecule has 0 bridgehead atoms. The second-order valence-corrected chi connectivity index (χ2v) is 22.8. The average molecular weight is 501 g/mol. The third-order valence-corrected chi connectivity index (χ3v) is 17.5. The monoisotopic (exact) mass is 500 g/mol. The Kier molecular flexibility index (Phi) is 11.6. The van der Waals surface area contributed by atoms with Crippen LogP contribution in [0.1, 0.15) is 87.0 Å². The van der Waals surface area contributed by atoms with Crippen molar-refractivity contribution < 1.29 is 19.1 Å². The highest BCUT2D eigenvalue weighted by molar-refractivity contribution is 6.74. The van der Waals surface area contributed by atoms with Crippen LogP contribution in [0, 0.1) is 11.8 Å². The summed E-state index contributed by atoms with van der Waals surface area (Å²) in [6.07, 6.45) is 9.66. The summed E-state index contributed by atoms with van der Waals surface area (Å²) in [7, 11) is -3.94. The summed E-state index contributed by atoms with van der Waals surface area (Å²) in [6, 6.07) is 0. The summed E-state index contributed by atoms with van der Waals surface area (Å²) in [6.45, 7) is 25.3. The van der Waals surface area contributed by atoms with Gasteiger partial charge < -0.3 is 19.1 Å². The molecular formula is C27H56O4Si2. The largest absolute Gasteiger partial charge is 0.414 e. The molecule has 1 saturated carbocycles. The summed E-state index contributed by atoms with van der Waals surface area (Å²) in [5.41, 5.74) is 0. The fourth-order valence-corrected chi connectivity index (χ4v) is 6.95. The van der Waals surface area contributed by atoms with E-state index in [0.29, 0.717) is 6.42 Å². The van der Waals surface area contributed by atoms with E-state index in [9.17, 15) is 10.2 Å². The van der Waals surface area contributed by atoms with Gasteiger partial charge in [-0.25, -0.2) is 0 Å². The molecule has 0 aliphatic heterocycles. The van der Waals surface area contributed by atoms with Gasteiger partial charge in [-0.15, -0.1) is 0 Å². The van der Waals surface area contributed by atoms with Crippen molar-refractivity contribution in [1.82, 2.24) is 0 Å². The maximum Gasteiger partial charge on any atom is 0.192 e. The van der Waals surface area contributed by atoms with Crippen molar-refractivity contribution >= 4 is 16.6 Å². The highest BCUT2D eigenvalue weighted by Crippen LogP contribution is 2.47. The minimum absolute atomic E-state index is 0.0660. The molecule has 0 radical (unpaired) electrons. The Hall–Kier alpha value is 0.0138. The first kappa shape index (κ1) is 31.0. The number of unbranched alkanes of at least 4 members (excludes halogenated alkanes) is 2. The van der Waals surface area contributed by atoms with Crippen LogP contribution in [0.25, 0.3) is 0 Å². The van der Waals surface area contributed by atoms with Crippen molar-refractivity contribution in [2.24, 2.45) is 11.8 Å². The Labute approximate surface area is 207 Å². The normalized spacial score (nSPS) is 26.3. The maximum absolute atomic E-state index is 10.6. The molecule has 0 aromatic carbocycles. The first-order valence-corrected chi connectivity index (χ1v) is 19.1. The molecule has 1 rings (SSSR count). The zero-order valence-corrected chi connectivity index (χ0v) is 25.7. The number of aliphatic hydroxyl groups is 2. The number of hydrogen-bond acceptors (Lipinski definition) is 4. The van der Waals surface area contributed by atoms with Crippen LogP contribution in [0.2, 0.25) is 36.3 Å². The molecule has 0 aromatic heterocycles. The fraction of sp³-hybridized carbons (Fsp3) is 0.926. The lowest BCUT2D eigenvalue weighted by Crippen LogP contribution is -2.45. The molecule has 0 saturated heterocycles. The molecule has 1 fully saturated rings. The average Bonchev–Trinajstić information content (AvgIpc) is 2.93. The number of aliphatic hydroxyl groups excluding tert-OH is 2. The van der Waals surface area contributed by atoms with Gasteiger partial charge in [0.1, 0.15) is 0 Å². The molecular weight excluding hydrogens is 444 g/mol. The fourth-order valence-electron chi connectivity index (χ4n) is 4.21. The number of rotatable bonds is 12. The van der Waals surface area contributed by atoms with Crippen molar-refractivity contribution in [3.63, 3.8) is 0 Å². The highest BCUT2D eigenvalue weighted by atomic mass is 28.4. The zero-order chi connectivity index (χ0) is 25.7. The lowest BCUT2D eigenvalue weighted by molar-refractivity contribution is 0.111. The van der Waals surface area contributed by atoms with Crippen LogP contribution in [0.4, 0.5) is 0 Å². The molecule has 0 amide bonds.